The Hall–Kier alpha value is -2.04. The summed E-state index contributed by atoms with van der Waals surface area (Å²) in [5.74, 6) is 5.43. The minimum atomic E-state index is -1.50. The second kappa shape index (κ2) is 8.32. The molecule has 0 bridgehead atoms. The molecule has 0 saturated carbocycles. The molecule has 0 spiro atoms. The molecule has 1 saturated heterocycles. The number of aromatic nitrogens is 2. The summed E-state index contributed by atoms with van der Waals surface area (Å²) in [4.78, 5) is 23.7. The summed E-state index contributed by atoms with van der Waals surface area (Å²) >= 11 is 17.4. The first-order chi connectivity index (χ1) is 12.8. The van der Waals surface area contributed by atoms with Crippen LogP contribution in [-0.4, -0.2) is 51.7 Å². The zero-order valence-electron chi connectivity index (χ0n) is 14.0. The van der Waals surface area contributed by atoms with Gasteiger partial charge in [-0.1, -0.05) is 52.9 Å². The Bertz CT molecular complexity index is 860. The Labute approximate surface area is 171 Å². The van der Waals surface area contributed by atoms with Gasteiger partial charge in [-0.15, -0.1) is 0 Å². The number of alkyl halides is 3. The fourth-order valence-corrected chi connectivity index (χ4v) is 2.95. The number of nitrogens with zero attached hydrogens (tertiary/aromatic N) is 4. The van der Waals surface area contributed by atoms with Crippen molar-refractivity contribution < 1.29 is 9.90 Å². The molecule has 1 fully saturated rings. The summed E-state index contributed by atoms with van der Waals surface area (Å²) in [6.45, 7) is 0.948. The van der Waals surface area contributed by atoms with Crippen molar-refractivity contribution in [2.75, 3.05) is 24.5 Å². The lowest BCUT2D eigenvalue weighted by Gasteiger charge is -2.37. The highest BCUT2D eigenvalue weighted by molar-refractivity contribution is 6.66. The summed E-state index contributed by atoms with van der Waals surface area (Å²) in [5.41, 5.74) is 1.14. The van der Waals surface area contributed by atoms with Gasteiger partial charge in [-0.05, 0) is 18.2 Å². The Morgan fingerprint density at radius 1 is 1.15 bits per heavy atom. The third kappa shape index (κ3) is 5.02. The molecule has 1 aromatic heterocycles. The van der Waals surface area contributed by atoms with Gasteiger partial charge in [-0.25, -0.2) is 9.97 Å². The van der Waals surface area contributed by atoms with Gasteiger partial charge in [0.15, 0.2) is 0 Å². The molecule has 2 heterocycles. The molecule has 1 aliphatic heterocycles. The van der Waals surface area contributed by atoms with Crippen LogP contribution in [0.5, 0.6) is 0 Å². The summed E-state index contributed by atoms with van der Waals surface area (Å²) in [7, 11) is 0. The minimum Gasteiger partial charge on any atom is -0.372 e. The standard InChI is InChI=1S/C18H15Cl3N4O2/c19-18(20,21)14-5-2-13(3-6-14)4-7-15(26)24-10-11-25(16(27)12-24)17-22-8-1-9-23-17/h1-3,5-6,8-9,16,27H,10-12H2. The molecule has 0 aliphatic carbocycles. The van der Waals surface area contributed by atoms with Crippen LogP contribution in [0.3, 0.4) is 0 Å². The lowest BCUT2D eigenvalue weighted by Crippen LogP contribution is -2.55. The van der Waals surface area contributed by atoms with Crippen molar-refractivity contribution in [2.45, 2.75) is 10.0 Å². The van der Waals surface area contributed by atoms with E-state index in [0.717, 1.165) is 0 Å². The summed E-state index contributed by atoms with van der Waals surface area (Å²) in [6.07, 6.45) is 2.31. The Morgan fingerprint density at radius 3 is 2.41 bits per heavy atom. The number of hydrogen-bond acceptors (Lipinski definition) is 5. The first kappa shape index (κ1) is 19.7. The van der Waals surface area contributed by atoms with Gasteiger partial charge in [-0.3, -0.25) is 4.79 Å². The number of aliphatic hydroxyl groups excluding tert-OH is 1. The van der Waals surface area contributed by atoms with E-state index < -0.39 is 10.0 Å². The lowest BCUT2D eigenvalue weighted by atomic mass is 10.1. The van der Waals surface area contributed by atoms with Gasteiger partial charge in [0.1, 0.15) is 6.23 Å². The third-order valence-electron chi connectivity index (χ3n) is 3.98. The molecule has 3 rings (SSSR count). The minimum absolute atomic E-state index is 0.123. The maximum Gasteiger partial charge on any atom is 0.299 e. The number of halogens is 3. The second-order valence-electron chi connectivity index (χ2n) is 5.80. The molecule has 1 aromatic carbocycles. The Kier molecular flexibility index (Phi) is 6.08. The number of anilines is 1. The van der Waals surface area contributed by atoms with Gasteiger partial charge < -0.3 is 14.9 Å². The monoisotopic (exact) mass is 424 g/mol. The van der Waals surface area contributed by atoms with E-state index in [9.17, 15) is 9.90 Å². The zero-order chi connectivity index (χ0) is 19.4. The third-order valence-corrected chi connectivity index (χ3v) is 4.63. The maximum absolute atomic E-state index is 12.3. The van der Waals surface area contributed by atoms with Crippen molar-refractivity contribution in [3.05, 3.63) is 53.9 Å². The van der Waals surface area contributed by atoms with E-state index in [2.05, 4.69) is 21.8 Å². The fourth-order valence-electron chi connectivity index (χ4n) is 2.57. The summed E-state index contributed by atoms with van der Waals surface area (Å²) in [6, 6.07) is 8.34. The largest absolute Gasteiger partial charge is 0.372 e. The van der Waals surface area contributed by atoms with E-state index in [1.54, 1.807) is 47.6 Å². The normalized spacial score (nSPS) is 17.3. The van der Waals surface area contributed by atoms with Crippen LogP contribution in [0.25, 0.3) is 0 Å². The maximum atomic E-state index is 12.3. The van der Waals surface area contributed by atoms with Crippen molar-refractivity contribution in [3.8, 4) is 11.8 Å². The summed E-state index contributed by atoms with van der Waals surface area (Å²) in [5, 5.41) is 10.3. The van der Waals surface area contributed by atoms with Crippen LogP contribution < -0.4 is 4.90 Å². The molecule has 140 valence electrons. The van der Waals surface area contributed by atoms with Crippen LogP contribution in [0.15, 0.2) is 42.7 Å². The van der Waals surface area contributed by atoms with Gasteiger partial charge in [0.2, 0.25) is 9.74 Å². The second-order valence-corrected chi connectivity index (χ2v) is 8.08. The van der Waals surface area contributed by atoms with Gasteiger partial charge in [0, 0.05) is 42.5 Å². The van der Waals surface area contributed by atoms with Crippen molar-refractivity contribution in [1.82, 2.24) is 14.9 Å². The quantitative estimate of drug-likeness (QED) is 0.561. The number of hydrogen-bond donors (Lipinski definition) is 1. The van der Waals surface area contributed by atoms with Crippen molar-refractivity contribution in [3.63, 3.8) is 0 Å². The lowest BCUT2D eigenvalue weighted by molar-refractivity contribution is -0.127. The topological polar surface area (TPSA) is 69.6 Å². The first-order valence-electron chi connectivity index (χ1n) is 8.04. The van der Waals surface area contributed by atoms with Crippen molar-refractivity contribution in [2.24, 2.45) is 0 Å². The van der Waals surface area contributed by atoms with Crippen molar-refractivity contribution >= 4 is 46.7 Å². The number of aliphatic hydroxyl groups is 1. The molecular weight excluding hydrogens is 411 g/mol. The molecule has 2 aromatic rings. The molecule has 1 N–H and O–H groups in total. The number of carbonyl (C=O) groups is 1. The van der Waals surface area contributed by atoms with E-state index in [1.807, 2.05) is 0 Å². The van der Waals surface area contributed by atoms with Crippen LogP contribution in [0.4, 0.5) is 5.95 Å². The van der Waals surface area contributed by atoms with Gasteiger partial charge in [0.05, 0.1) is 6.54 Å². The molecule has 9 heteroatoms. The molecule has 1 unspecified atom stereocenters. The van der Waals surface area contributed by atoms with Crippen LogP contribution in [0.2, 0.25) is 0 Å². The number of carbonyl (C=O) groups excluding carboxylic acids is 1. The summed E-state index contributed by atoms with van der Waals surface area (Å²) < 4.78 is -1.50. The highest BCUT2D eigenvalue weighted by atomic mass is 35.6. The van der Waals surface area contributed by atoms with E-state index in [4.69, 9.17) is 34.8 Å². The van der Waals surface area contributed by atoms with E-state index in [0.29, 0.717) is 30.2 Å². The molecule has 0 radical (unpaired) electrons. The highest BCUT2D eigenvalue weighted by Crippen LogP contribution is 2.37. The molecule has 27 heavy (non-hydrogen) atoms. The first-order valence-corrected chi connectivity index (χ1v) is 9.18. The SMILES string of the molecule is O=C(C#Cc1ccc(C(Cl)(Cl)Cl)cc1)N1CCN(c2ncccn2)C(O)C1. The number of benzene rings is 1. The van der Waals surface area contributed by atoms with Crippen LogP contribution in [-0.2, 0) is 8.59 Å². The van der Waals surface area contributed by atoms with Gasteiger partial charge in [-0.2, -0.15) is 0 Å². The number of amides is 1. The van der Waals surface area contributed by atoms with E-state index >= 15 is 0 Å². The smallest absolute Gasteiger partial charge is 0.299 e. The van der Waals surface area contributed by atoms with Crippen LogP contribution >= 0.6 is 34.8 Å². The van der Waals surface area contributed by atoms with E-state index in [1.165, 1.54) is 4.90 Å². The zero-order valence-corrected chi connectivity index (χ0v) is 16.3. The molecule has 1 aliphatic rings. The molecule has 1 amide bonds. The predicted octanol–water partition coefficient (Wildman–Crippen LogP) is 2.32. The van der Waals surface area contributed by atoms with Crippen molar-refractivity contribution in [1.29, 1.82) is 0 Å². The predicted molar refractivity (Wildman–Crippen MR) is 105 cm³/mol. The van der Waals surface area contributed by atoms with E-state index in [-0.39, 0.29) is 12.5 Å². The average Bonchev–Trinajstić information content (AvgIpc) is 2.66. The van der Waals surface area contributed by atoms with Gasteiger partial charge in [0.25, 0.3) is 5.91 Å². The van der Waals surface area contributed by atoms with Crippen LogP contribution in [0, 0.1) is 11.8 Å². The number of piperazine rings is 1. The highest BCUT2D eigenvalue weighted by Gasteiger charge is 2.29. The molecule has 6 nitrogen and oxygen atoms in total. The molecular formula is C18H15Cl3N4O2. The van der Waals surface area contributed by atoms with Gasteiger partial charge >= 0.3 is 0 Å². The Morgan fingerprint density at radius 2 is 1.81 bits per heavy atom. The fraction of sp³-hybridized carbons (Fsp3) is 0.278. The number of β-amino-alcohol motifs (C(OH)–C–C–N with tert-alkyl or cyclic N) is 1. The Balaban J connectivity index is 1.62. The van der Waals surface area contributed by atoms with Crippen LogP contribution in [0.1, 0.15) is 11.1 Å². The molecule has 1 atom stereocenters. The number of rotatable bonds is 1. The average molecular weight is 426 g/mol.